The molecule has 0 saturated carbocycles. The van der Waals surface area contributed by atoms with E-state index in [9.17, 15) is 18.0 Å². The fourth-order valence-electron chi connectivity index (χ4n) is 2.70. The van der Waals surface area contributed by atoms with Gasteiger partial charge in [-0.2, -0.15) is 4.31 Å². The van der Waals surface area contributed by atoms with Crippen molar-refractivity contribution in [2.75, 3.05) is 18.1 Å². The van der Waals surface area contributed by atoms with Crippen LogP contribution in [-0.2, 0) is 26.2 Å². The molecule has 0 aliphatic carbocycles. The summed E-state index contributed by atoms with van der Waals surface area (Å²) in [6.45, 7) is 4.34. The van der Waals surface area contributed by atoms with Crippen LogP contribution in [-0.4, -0.2) is 43.4 Å². The summed E-state index contributed by atoms with van der Waals surface area (Å²) in [7, 11) is -3.37. The van der Waals surface area contributed by atoms with Crippen molar-refractivity contribution < 1.29 is 18.0 Å². The van der Waals surface area contributed by atoms with E-state index in [-0.39, 0.29) is 17.7 Å². The van der Waals surface area contributed by atoms with Gasteiger partial charge in [0.1, 0.15) is 6.04 Å². The zero-order chi connectivity index (χ0) is 18.6. The molecule has 0 spiro atoms. The van der Waals surface area contributed by atoms with Crippen LogP contribution >= 0.6 is 0 Å². The molecule has 0 bridgehead atoms. The van der Waals surface area contributed by atoms with Gasteiger partial charge in [-0.3, -0.25) is 9.59 Å². The van der Waals surface area contributed by atoms with Gasteiger partial charge in [0.25, 0.3) is 0 Å². The molecule has 1 unspecified atom stereocenters. The Morgan fingerprint density at radius 3 is 2.44 bits per heavy atom. The monoisotopic (exact) mass is 367 g/mol. The second kappa shape index (κ2) is 7.97. The van der Waals surface area contributed by atoms with Crippen LogP contribution in [0.1, 0.15) is 32.3 Å². The van der Waals surface area contributed by atoms with Gasteiger partial charge in [-0.05, 0) is 30.5 Å². The van der Waals surface area contributed by atoms with E-state index in [2.05, 4.69) is 10.6 Å². The first-order valence-electron chi connectivity index (χ1n) is 8.33. The lowest BCUT2D eigenvalue weighted by Gasteiger charge is -2.21. The average Bonchev–Trinajstić information content (AvgIpc) is 3.03. The second-order valence-electron chi connectivity index (χ2n) is 6.59. The van der Waals surface area contributed by atoms with Crippen LogP contribution in [0.3, 0.4) is 0 Å². The molecule has 1 aromatic rings. The molecular weight excluding hydrogens is 342 g/mol. The van der Waals surface area contributed by atoms with E-state index >= 15 is 0 Å². The lowest BCUT2D eigenvalue weighted by atomic mass is 10.1. The highest BCUT2D eigenvalue weighted by Gasteiger charge is 2.36. The van der Waals surface area contributed by atoms with Gasteiger partial charge in [-0.15, -0.1) is 0 Å². The molecule has 8 heteroatoms. The molecule has 0 radical (unpaired) electrons. The molecule has 1 heterocycles. The number of rotatable bonds is 6. The lowest BCUT2D eigenvalue weighted by molar-refractivity contribution is -0.124. The van der Waals surface area contributed by atoms with Gasteiger partial charge in [0.15, 0.2) is 0 Å². The van der Waals surface area contributed by atoms with Crippen LogP contribution in [0.4, 0.5) is 5.69 Å². The molecule has 2 rings (SSSR count). The first kappa shape index (κ1) is 19.4. The smallest absolute Gasteiger partial charge is 0.238 e. The fourth-order valence-corrected chi connectivity index (χ4v) is 3.82. The third-order valence-corrected chi connectivity index (χ3v) is 5.43. The first-order chi connectivity index (χ1) is 11.7. The third-order valence-electron chi connectivity index (χ3n) is 4.14. The molecule has 1 aliphatic heterocycles. The van der Waals surface area contributed by atoms with Crippen LogP contribution in [0, 0.1) is 5.92 Å². The number of nitrogens with one attached hydrogen (secondary N) is 2. The Hall–Kier alpha value is -1.93. The maximum atomic E-state index is 12.3. The maximum Gasteiger partial charge on any atom is 0.238 e. The van der Waals surface area contributed by atoms with Crippen molar-refractivity contribution in [1.29, 1.82) is 0 Å². The predicted molar refractivity (Wildman–Crippen MR) is 96.3 cm³/mol. The maximum absolute atomic E-state index is 12.3. The van der Waals surface area contributed by atoms with E-state index in [4.69, 9.17) is 0 Å². The topological polar surface area (TPSA) is 95.6 Å². The zero-order valence-electron chi connectivity index (χ0n) is 14.8. The number of carbonyl (C=O) groups is 2. The van der Waals surface area contributed by atoms with Gasteiger partial charge in [0.2, 0.25) is 21.8 Å². The van der Waals surface area contributed by atoms with Crippen LogP contribution in [0.5, 0.6) is 0 Å². The number of hydrogen-bond acceptors (Lipinski definition) is 4. The minimum Gasteiger partial charge on any atom is -0.351 e. The SMILES string of the molecule is CC(C)C(=O)Nc1ccc(CNC(=O)C2CCCN2S(C)(=O)=O)cc1. The van der Waals surface area contributed by atoms with Crippen molar-refractivity contribution in [3.05, 3.63) is 29.8 Å². The number of sulfonamides is 1. The second-order valence-corrected chi connectivity index (χ2v) is 8.53. The molecule has 1 fully saturated rings. The third kappa shape index (κ3) is 5.27. The van der Waals surface area contributed by atoms with E-state index in [1.807, 2.05) is 26.0 Å². The predicted octanol–water partition coefficient (Wildman–Crippen LogP) is 1.32. The molecule has 2 amide bonds. The Balaban J connectivity index is 1.91. The van der Waals surface area contributed by atoms with E-state index in [1.54, 1.807) is 12.1 Å². The summed E-state index contributed by atoms with van der Waals surface area (Å²) in [5.74, 6) is -0.425. The minimum absolute atomic E-state index is 0.0526. The van der Waals surface area contributed by atoms with Crippen molar-refractivity contribution in [3.8, 4) is 0 Å². The summed E-state index contributed by atoms with van der Waals surface area (Å²) in [5, 5.41) is 5.59. The lowest BCUT2D eigenvalue weighted by Crippen LogP contribution is -2.45. The molecule has 138 valence electrons. The Morgan fingerprint density at radius 2 is 1.88 bits per heavy atom. The highest BCUT2D eigenvalue weighted by molar-refractivity contribution is 7.88. The van der Waals surface area contributed by atoms with E-state index < -0.39 is 16.1 Å². The van der Waals surface area contributed by atoms with Crippen LogP contribution in [0.25, 0.3) is 0 Å². The summed E-state index contributed by atoms with van der Waals surface area (Å²) in [4.78, 5) is 23.9. The normalized spacial score (nSPS) is 18.3. The van der Waals surface area contributed by atoms with E-state index in [0.29, 0.717) is 31.6 Å². The summed E-state index contributed by atoms with van der Waals surface area (Å²) in [6.07, 6.45) is 2.36. The van der Waals surface area contributed by atoms with Crippen molar-refractivity contribution in [3.63, 3.8) is 0 Å². The van der Waals surface area contributed by atoms with Gasteiger partial charge < -0.3 is 10.6 Å². The summed E-state index contributed by atoms with van der Waals surface area (Å²) in [6, 6.07) is 6.57. The summed E-state index contributed by atoms with van der Waals surface area (Å²) in [5.41, 5.74) is 1.58. The quantitative estimate of drug-likeness (QED) is 0.793. The molecule has 1 aromatic carbocycles. The van der Waals surface area contributed by atoms with Crippen LogP contribution in [0.15, 0.2) is 24.3 Å². The molecule has 0 aromatic heterocycles. The molecule has 1 aliphatic rings. The Morgan fingerprint density at radius 1 is 1.24 bits per heavy atom. The van der Waals surface area contributed by atoms with E-state index in [1.165, 1.54) is 4.31 Å². The molecule has 1 saturated heterocycles. The largest absolute Gasteiger partial charge is 0.351 e. The Labute approximate surface area is 148 Å². The number of hydrogen-bond donors (Lipinski definition) is 2. The minimum atomic E-state index is -3.37. The van der Waals surface area contributed by atoms with Crippen molar-refractivity contribution >= 4 is 27.5 Å². The summed E-state index contributed by atoms with van der Waals surface area (Å²) >= 11 is 0. The number of carbonyl (C=O) groups excluding carboxylic acids is 2. The number of anilines is 1. The number of benzene rings is 1. The number of nitrogens with zero attached hydrogens (tertiary/aromatic N) is 1. The van der Waals surface area contributed by atoms with Gasteiger partial charge in [-0.1, -0.05) is 26.0 Å². The molecular formula is C17H25N3O4S. The van der Waals surface area contributed by atoms with Crippen molar-refractivity contribution in [2.24, 2.45) is 5.92 Å². The number of amides is 2. The highest BCUT2D eigenvalue weighted by Crippen LogP contribution is 2.20. The van der Waals surface area contributed by atoms with Gasteiger partial charge in [0, 0.05) is 24.7 Å². The zero-order valence-corrected chi connectivity index (χ0v) is 15.6. The fraction of sp³-hybridized carbons (Fsp3) is 0.529. The van der Waals surface area contributed by atoms with Crippen LogP contribution < -0.4 is 10.6 Å². The molecule has 2 N–H and O–H groups in total. The standard InChI is InChI=1S/C17H25N3O4S/c1-12(2)16(21)19-14-8-6-13(7-9-14)11-18-17(22)15-5-4-10-20(15)25(3,23)24/h6-9,12,15H,4-5,10-11H2,1-3H3,(H,18,22)(H,19,21). The highest BCUT2D eigenvalue weighted by atomic mass is 32.2. The average molecular weight is 367 g/mol. The molecule has 25 heavy (non-hydrogen) atoms. The van der Waals surface area contributed by atoms with Gasteiger partial charge >= 0.3 is 0 Å². The van der Waals surface area contributed by atoms with E-state index in [0.717, 1.165) is 11.8 Å². The van der Waals surface area contributed by atoms with Crippen LogP contribution in [0.2, 0.25) is 0 Å². The van der Waals surface area contributed by atoms with Gasteiger partial charge in [0.05, 0.1) is 6.26 Å². The van der Waals surface area contributed by atoms with Crippen molar-refractivity contribution in [2.45, 2.75) is 39.3 Å². The summed E-state index contributed by atoms with van der Waals surface area (Å²) < 4.78 is 24.7. The van der Waals surface area contributed by atoms with Gasteiger partial charge in [-0.25, -0.2) is 8.42 Å². The Bertz CT molecular complexity index is 729. The molecule has 7 nitrogen and oxygen atoms in total. The molecule has 1 atom stereocenters. The van der Waals surface area contributed by atoms with Crippen molar-refractivity contribution in [1.82, 2.24) is 9.62 Å². The Kier molecular flexibility index (Phi) is 6.18. The first-order valence-corrected chi connectivity index (χ1v) is 10.2.